The number of para-hydroxylation sites is 1. The topological polar surface area (TPSA) is 75.6 Å². The highest BCUT2D eigenvalue weighted by molar-refractivity contribution is 5.76. The molecule has 0 spiro atoms. The molecule has 1 aromatic carbocycles. The molecule has 0 fully saturated rings. The van der Waals surface area contributed by atoms with Gasteiger partial charge in [0.25, 0.3) is 5.56 Å². The average molecular weight is 311 g/mol. The summed E-state index contributed by atoms with van der Waals surface area (Å²) < 4.78 is 1.62. The lowest BCUT2D eigenvalue weighted by atomic mass is 10.1. The Morgan fingerprint density at radius 2 is 2.09 bits per heavy atom. The van der Waals surface area contributed by atoms with E-state index >= 15 is 0 Å². The summed E-state index contributed by atoms with van der Waals surface area (Å²) in [5.74, 6) is 0.663. The van der Waals surface area contributed by atoms with Crippen molar-refractivity contribution in [2.24, 2.45) is 7.05 Å². The smallest absolute Gasteiger partial charge is 0.277 e. The molecule has 0 bridgehead atoms. The summed E-state index contributed by atoms with van der Waals surface area (Å²) in [6.07, 6.45) is 2.36. The molecule has 0 atom stereocenters. The van der Waals surface area contributed by atoms with Gasteiger partial charge in [-0.2, -0.15) is 5.10 Å². The minimum Gasteiger partial charge on any atom is -0.388 e. The number of benzene rings is 1. The van der Waals surface area contributed by atoms with Gasteiger partial charge in [0.1, 0.15) is 11.3 Å². The second-order valence-corrected chi connectivity index (χ2v) is 5.61. The van der Waals surface area contributed by atoms with Gasteiger partial charge in [-0.15, -0.1) is 0 Å². The molecule has 0 aliphatic carbocycles. The Bertz CT molecular complexity index is 894. The van der Waals surface area contributed by atoms with Crippen molar-refractivity contribution in [1.82, 2.24) is 19.7 Å². The van der Waals surface area contributed by atoms with Crippen LogP contribution in [0.15, 0.2) is 29.1 Å². The molecule has 0 amide bonds. The Morgan fingerprint density at radius 3 is 2.83 bits per heavy atom. The summed E-state index contributed by atoms with van der Waals surface area (Å²) >= 11 is 0. The largest absolute Gasteiger partial charge is 0.388 e. The molecule has 0 saturated heterocycles. The summed E-state index contributed by atoms with van der Waals surface area (Å²) in [5, 5.41) is 7.61. The van der Waals surface area contributed by atoms with Crippen LogP contribution in [0.5, 0.6) is 0 Å². The number of nitrogens with one attached hydrogen (secondary N) is 2. The zero-order valence-corrected chi connectivity index (χ0v) is 13.7. The Labute approximate surface area is 134 Å². The van der Waals surface area contributed by atoms with Crippen molar-refractivity contribution < 1.29 is 0 Å². The average Bonchev–Trinajstić information content (AvgIpc) is 2.85. The van der Waals surface area contributed by atoms with Gasteiger partial charge in [-0.3, -0.25) is 9.48 Å². The van der Waals surface area contributed by atoms with E-state index in [0.29, 0.717) is 17.8 Å². The molecule has 6 nitrogen and oxygen atoms in total. The van der Waals surface area contributed by atoms with Gasteiger partial charge < -0.3 is 10.3 Å². The Hall–Kier alpha value is -2.63. The SMILES string of the molecule is CCCc1nn(C)c2c(=O)[nH]c(Cc3ccccc3NC)nc12. The van der Waals surface area contributed by atoms with Crippen LogP contribution >= 0.6 is 0 Å². The fourth-order valence-corrected chi connectivity index (χ4v) is 2.88. The molecule has 3 aromatic rings. The molecule has 0 radical (unpaired) electrons. The first-order chi connectivity index (χ1) is 11.1. The lowest BCUT2D eigenvalue weighted by Gasteiger charge is -2.08. The van der Waals surface area contributed by atoms with Crippen molar-refractivity contribution in [2.75, 3.05) is 12.4 Å². The van der Waals surface area contributed by atoms with Crippen molar-refractivity contribution in [2.45, 2.75) is 26.2 Å². The number of hydrogen-bond donors (Lipinski definition) is 2. The second-order valence-electron chi connectivity index (χ2n) is 5.61. The number of aromatic nitrogens is 4. The van der Waals surface area contributed by atoms with E-state index < -0.39 is 0 Å². The highest BCUT2D eigenvalue weighted by Crippen LogP contribution is 2.19. The van der Waals surface area contributed by atoms with Gasteiger partial charge >= 0.3 is 0 Å². The molecule has 120 valence electrons. The molecule has 0 aliphatic heterocycles. The van der Waals surface area contributed by atoms with E-state index in [2.05, 4.69) is 27.3 Å². The van der Waals surface area contributed by atoms with Gasteiger partial charge in [0, 0.05) is 26.2 Å². The molecule has 6 heteroatoms. The van der Waals surface area contributed by atoms with Crippen LogP contribution in [0.4, 0.5) is 5.69 Å². The molecule has 0 unspecified atom stereocenters. The molecular weight excluding hydrogens is 290 g/mol. The van der Waals surface area contributed by atoms with E-state index in [9.17, 15) is 4.79 Å². The predicted molar refractivity (Wildman–Crippen MR) is 91.9 cm³/mol. The predicted octanol–water partition coefficient (Wildman–Crippen LogP) is 2.24. The molecule has 0 saturated carbocycles. The van der Waals surface area contributed by atoms with Crippen LogP contribution in [0.1, 0.15) is 30.4 Å². The first-order valence-electron chi connectivity index (χ1n) is 7.84. The molecule has 2 heterocycles. The minimum absolute atomic E-state index is 0.135. The quantitative estimate of drug-likeness (QED) is 0.758. The number of rotatable bonds is 5. The van der Waals surface area contributed by atoms with Gasteiger partial charge in [-0.25, -0.2) is 4.98 Å². The normalized spacial score (nSPS) is 11.1. The summed E-state index contributed by atoms with van der Waals surface area (Å²) in [6, 6.07) is 8.01. The Morgan fingerprint density at radius 1 is 1.30 bits per heavy atom. The Balaban J connectivity index is 2.08. The number of aryl methyl sites for hydroxylation is 2. The maximum absolute atomic E-state index is 12.4. The van der Waals surface area contributed by atoms with E-state index in [4.69, 9.17) is 0 Å². The van der Waals surface area contributed by atoms with Crippen LogP contribution in [-0.4, -0.2) is 26.8 Å². The third-order valence-corrected chi connectivity index (χ3v) is 3.94. The van der Waals surface area contributed by atoms with E-state index in [1.807, 2.05) is 31.3 Å². The number of hydrogen-bond acceptors (Lipinski definition) is 4. The highest BCUT2D eigenvalue weighted by atomic mass is 16.1. The van der Waals surface area contributed by atoms with Crippen molar-refractivity contribution in [1.29, 1.82) is 0 Å². The number of anilines is 1. The summed E-state index contributed by atoms with van der Waals surface area (Å²) in [5.41, 5.74) is 4.14. The van der Waals surface area contributed by atoms with Crippen molar-refractivity contribution >= 4 is 16.7 Å². The molecule has 3 rings (SSSR count). The van der Waals surface area contributed by atoms with Crippen molar-refractivity contribution in [3.8, 4) is 0 Å². The van der Waals surface area contributed by atoms with Crippen LogP contribution < -0.4 is 10.9 Å². The van der Waals surface area contributed by atoms with E-state index in [1.54, 1.807) is 11.7 Å². The first kappa shape index (κ1) is 15.3. The lowest BCUT2D eigenvalue weighted by molar-refractivity contribution is 0.750. The van der Waals surface area contributed by atoms with Gasteiger partial charge in [0.2, 0.25) is 0 Å². The van der Waals surface area contributed by atoms with Gasteiger partial charge in [-0.05, 0) is 18.1 Å². The monoisotopic (exact) mass is 311 g/mol. The van der Waals surface area contributed by atoms with E-state index in [1.165, 1.54) is 0 Å². The molecule has 2 N–H and O–H groups in total. The van der Waals surface area contributed by atoms with Gasteiger partial charge in [-0.1, -0.05) is 31.5 Å². The van der Waals surface area contributed by atoms with Gasteiger partial charge in [0.15, 0.2) is 5.52 Å². The lowest BCUT2D eigenvalue weighted by Crippen LogP contribution is -2.14. The number of fused-ring (bicyclic) bond motifs is 1. The van der Waals surface area contributed by atoms with Crippen molar-refractivity contribution in [3.63, 3.8) is 0 Å². The Kier molecular flexibility index (Phi) is 4.14. The van der Waals surface area contributed by atoms with Crippen LogP contribution in [0.2, 0.25) is 0 Å². The third kappa shape index (κ3) is 2.84. The maximum atomic E-state index is 12.4. The number of nitrogens with zero attached hydrogens (tertiary/aromatic N) is 3. The zero-order chi connectivity index (χ0) is 16.4. The summed E-state index contributed by atoms with van der Waals surface area (Å²) in [7, 11) is 3.67. The van der Waals surface area contributed by atoms with Crippen LogP contribution in [-0.2, 0) is 19.9 Å². The zero-order valence-electron chi connectivity index (χ0n) is 13.7. The first-order valence-corrected chi connectivity index (χ1v) is 7.84. The maximum Gasteiger partial charge on any atom is 0.277 e. The highest BCUT2D eigenvalue weighted by Gasteiger charge is 2.15. The fourth-order valence-electron chi connectivity index (χ4n) is 2.88. The number of aromatic amines is 1. The van der Waals surface area contributed by atoms with Gasteiger partial charge in [0.05, 0.1) is 5.69 Å². The molecule has 23 heavy (non-hydrogen) atoms. The summed E-state index contributed by atoms with van der Waals surface area (Å²) in [6.45, 7) is 2.10. The van der Waals surface area contributed by atoms with Crippen LogP contribution in [0, 0.1) is 0 Å². The van der Waals surface area contributed by atoms with Crippen molar-refractivity contribution in [3.05, 3.63) is 51.7 Å². The molecule has 0 aliphatic rings. The fraction of sp³-hybridized carbons (Fsp3) is 0.353. The molecule has 2 aromatic heterocycles. The molecular formula is C17H21N5O. The van der Waals surface area contributed by atoms with Crippen LogP contribution in [0.25, 0.3) is 11.0 Å². The minimum atomic E-state index is -0.135. The number of H-pyrrole nitrogens is 1. The van der Waals surface area contributed by atoms with E-state index in [0.717, 1.165) is 35.3 Å². The second kappa shape index (κ2) is 6.24. The summed E-state index contributed by atoms with van der Waals surface area (Å²) in [4.78, 5) is 20.0. The van der Waals surface area contributed by atoms with Crippen LogP contribution in [0.3, 0.4) is 0 Å². The van der Waals surface area contributed by atoms with E-state index in [-0.39, 0.29) is 5.56 Å². The third-order valence-electron chi connectivity index (χ3n) is 3.94. The standard InChI is InChI=1S/C17H21N5O/c1-4-7-13-15-16(22(3)21-13)17(23)20-14(19-15)10-11-8-5-6-9-12(11)18-2/h5-6,8-9,18H,4,7,10H2,1-3H3,(H,19,20,23).